The number of esters is 1. The largest absolute Gasteiger partial charge is 0.462 e. The summed E-state index contributed by atoms with van der Waals surface area (Å²) in [6.07, 6.45) is -0.314. The maximum absolute atomic E-state index is 13.0. The molecule has 150 valence electrons. The average molecular weight is 379 g/mol. The van der Waals surface area contributed by atoms with Gasteiger partial charge in [-0.3, -0.25) is 9.69 Å². The summed E-state index contributed by atoms with van der Waals surface area (Å²) in [5.41, 5.74) is 2.12. The lowest BCUT2D eigenvalue weighted by molar-refractivity contribution is 0.0524. The van der Waals surface area contributed by atoms with Crippen molar-refractivity contribution >= 4 is 17.8 Å². The first-order valence-electron chi connectivity index (χ1n) is 9.37. The van der Waals surface area contributed by atoms with Crippen LogP contribution in [0, 0.1) is 13.8 Å². The van der Waals surface area contributed by atoms with Crippen molar-refractivity contribution in [2.24, 2.45) is 0 Å². The molecule has 1 aromatic rings. The van der Waals surface area contributed by atoms with E-state index in [0.717, 1.165) is 0 Å². The normalized spacial score (nSPS) is 16.1. The number of hydrogen-bond donors (Lipinski definition) is 1. The summed E-state index contributed by atoms with van der Waals surface area (Å²) in [6, 6.07) is -0.360. The number of carbonyl (C=O) groups is 3. The van der Waals surface area contributed by atoms with Crippen molar-refractivity contribution in [1.82, 2.24) is 14.8 Å². The van der Waals surface area contributed by atoms with E-state index in [0.29, 0.717) is 55.3 Å². The lowest BCUT2D eigenvalue weighted by atomic mass is 10.0. The van der Waals surface area contributed by atoms with Crippen LogP contribution in [0.15, 0.2) is 0 Å². The van der Waals surface area contributed by atoms with Crippen LogP contribution in [-0.4, -0.2) is 78.1 Å². The molecule has 1 N–H and O–H groups in total. The van der Waals surface area contributed by atoms with Gasteiger partial charge >= 0.3 is 12.1 Å². The fourth-order valence-corrected chi connectivity index (χ4v) is 3.39. The molecule has 1 aliphatic heterocycles. The number of rotatable bonds is 6. The molecule has 0 aliphatic carbocycles. The number of nitrogens with zero attached hydrogens (tertiary/aromatic N) is 2. The van der Waals surface area contributed by atoms with Crippen molar-refractivity contribution in [2.45, 2.75) is 40.7 Å². The molecule has 8 nitrogen and oxygen atoms in total. The Balaban J connectivity index is 2.07. The second-order valence-electron chi connectivity index (χ2n) is 6.61. The minimum absolute atomic E-state index is 0.0734. The van der Waals surface area contributed by atoms with E-state index >= 15 is 0 Å². The van der Waals surface area contributed by atoms with Gasteiger partial charge in [-0.25, -0.2) is 9.59 Å². The monoisotopic (exact) mass is 379 g/mol. The molecule has 0 radical (unpaired) electrons. The smallest absolute Gasteiger partial charge is 0.409 e. The van der Waals surface area contributed by atoms with Gasteiger partial charge in [0.15, 0.2) is 5.78 Å². The molecule has 0 aromatic carbocycles. The highest BCUT2D eigenvalue weighted by molar-refractivity contribution is 6.03. The van der Waals surface area contributed by atoms with Crippen molar-refractivity contribution in [3.05, 3.63) is 22.5 Å². The first kappa shape index (κ1) is 21.0. The average Bonchev–Trinajstić information content (AvgIpc) is 2.95. The molecule has 1 aliphatic rings. The minimum Gasteiger partial charge on any atom is -0.462 e. The van der Waals surface area contributed by atoms with E-state index in [1.807, 2.05) is 11.8 Å². The van der Waals surface area contributed by atoms with Crippen molar-refractivity contribution in [3.63, 3.8) is 0 Å². The zero-order chi connectivity index (χ0) is 20.1. The molecule has 2 rings (SSSR count). The third-order valence-electron chi connectivity index (χ3n) is 4.93. The quantitative estimate of drug-likeness (QED) is 0.601. The van der Waals surface area contributed by atoms with Crippen LogP contribution in [0.2, 0.25) is 0 Å². The number of aromatic amines is 1. The highest BCUT2D eigenvalue weighted by Gasteiger charge is 2.31. The Labute approximate surface area is 159 Å². The van der Waals surface area contributed by atoms with Gasteiger partial charge in [0.05, 0.1) is 30.5 Å². The minimum atomic E-state index is -0.418. The van der Waals surface area contributed by atoms with Crippen molar-refractivity contribution in [2.75, 3.05) is 39.4 Å². The fraction of sp³-hybridized carbons (Fsp3) is 0.632. The van der Waals surface area contributed by atoms with Crippen LogP contribution in [0.1, 0.15) is 52.9 Å². The highest BCUT2D eigenvalue weighted by atomic mass is 16.6. The number of aromatic nitrogens is 1. The number of aryl methyl sites for hydroxylation is 1. The Morgan fingerprint density at radius 1 is 1.04 bits per heavy atom. The first-order valence-corrected chi connectivity index (χ1v) is 9.37. The lowest BCUT2D eigenvalue weighted by Gasteiger charge is -2.36. The van der Waals surface area contributed by atoms with E-state index in [-0.39, 0.29) is 24.5 Å². The van der Waals surface area contributed by atoms with Crippen molar-refractivity contribution < 1.29 is 23.9 Å². The Morgan fingerprint density at radius 3 is 2.19 bits per heavy atom. The Morgan fingerprint density at radius 2 is 1.63 bits per heavy atom. The Bertz CT molecular complexity index is 704. The van der Waals surface area contributed by atoms with Crippen LogP contribution in [0.4, 0.5) is 4.79 Å². The molecular weight excluding hydrogens is 350 g/mol. The second kappa shape index (κ2) is 9.03. The molecule has 0 saturated carbocycles. The summed E-state index contributed by atoms with van der Waals surface area (Å²) in [5, 5.41) is 0. The Hall–Kier alpha value is -2.35. The van der Waals surface area contributed by atoms with Crippen LogP contribution in [-0.2, 0) is 9.47 Å². The maximum Gasteiger partial charge on any atom is 0.409 e. The van der Waals surface area contributed by atoms with Crippen LogP contribution < -0.4 is 0 Å². The summed E-state index contributed by atoms with van der Waals surface area (Å²) >= 11 is 0. The highest BCUT2D eigenvalue weighted by Crippen LogP contribution is 2.22. The van der Waals surface area contributed by atoms with Crippen LogP contribution in [0.25, 0.3) is 0 Å². The molecule has 1 atom stereocenters. The van der Waals surface area contributed by atoms with E-state index in [4.69, 9.17) is 9.47 Å². The zero-order valence-corrected chi connectivity index (χ0v) is 16.8. The van der Waals surface area contributed by atoms with Crippen LogP contribution >= 0.6 is 0 Å². The van der Waals surface area contributed by atoms with Gasteiger partial charge in [-0.05, 0) is 40.2 Å². The molecule has 0 bridgehead atoms. The number of ketones is 1. The number of nitrogens with one attached hydrogen (secondary N) is 1. The number of Topliss-reactive ketones (excluding diaryl/α,β-unsaturated/α-hetero) is 1. The standard InChI is InChI=1S/C19H29N3O5/c1-6-26-18(24)15-12(3)16(20-13(15)4)17(23)14(5)21-8-10-22(11-9-21)19(25)27-7-2/h14,20H,6-11H2,1-5H3. The SMILES string of the molecule is CCOC(=O)c1c(C)[nH]c(C(=O)C(C)N2CCN(C(=O)OCC)CC2)c1C. The van der Waals surface area contributed by atoms with Gasteiger partial charge in [0.25, 0.3) is 0 Å². The van der Waals surface area contributed by atoms with E-state index in [2.05, 4.69) is 4.98 Å². The second-order valence-corrected chi connectivity index (χ2v) is 6.61. The molecule has 8 heteroatoms. The molecule has 1 amide bonds. The summed E-state index contributed by atoms with van der Waals surface area (Å²) in [5.74, 6) is -0.491. The van der Waals surface area contributed by atoms with Gasteiger partial charge in [-0.1, -0.05) is 0 Å². The van der Waals surface area contributed by atoms with Crippen molar-refractivity contribution in [3.8, 4) is 0 Å². The molecule has 1 saturated heterocycles. The first-order chi connectivity index (χ1) is 12.8. The number of amides is 1. The third kappa shape index (κ3) is 4.50. The summed E-state index contributed by atoms with van der Waals surface area (Å²) in [6.45, 7) is 11.8. The maximum atomic E-state index is 13.0. The molecule has 27 heavy (non-hydrogen) atoms. The van der Waals surface area contributed by atoms with Gasteiger partial charge in [0.2, 0.25) is 0 Å². The number of hydrogen-bond acceptors (Lipinski definition) is 6. The summed E-state index contributed by atoms with van der Waals surface area (Å²) in [4.78, 5) is 43.7. The Kier molecular flexibility index (Phi) is 7.01. The number of carbonyl (C=O) groups excluding carboxylic acids is 3. The molecule has 2 heterocycles. The number of ether oxygens (including phenoxy) is 2. The van der Waals surface area contributed by atoms with E-state index in [1.165, 1.54) is 0 Å². The van der Waals surface area contributed by atoms with Gasteiger partial charge in [0, 0.05) is 31.9 Å². The van der Waals surface area contributed by atoms with Gasteiger partial charge in [0.1, 0.15) is 0 Å². The fourth-order valence-electron chi connectivity index (χ4n) is 3.39. The zero-order valence-electron chi connectivity index (χ0n) is 16.8. The van der Waals surface area contributed by atoms with E-state index in [9.17, 15) is 14.4 Å². The lowest BCUT2D eigenvalue weighted by Crippen LogP contribution is -2.53. The van der Waals surface area contributed by atoms with E-state index in [1.54, 1.807) is 32.6 Å². The topological polar surface area (TPSA) is 91.9 Å². The van der Waals surface area contributed by atoms with E-state index < -0.39 is 5.97 Å². The van der Waals surface area contributed by atoms with Crippen LogP contribution in [0.5, 0.6) is 0 Å². The molecule has 1 fully saturated rings. The molecule has 1 aromatic heterocycles. The summed E-state index contributed by atoms with van der Waals surface area (Å²) < 4.78 is 10.1. The summed E-state index contributed by atoms with van der Waals surface area (Å²) in [7, 11) is 0. The van der Waals surface area contributed by atoms with Crippen molar-refractivity contribution in [1.29, 1.82) is 0 Å². The number of piperazine rings is 1. The predicted octanol–water partition coefficient (Wildman–Crippen LogP) is 2.15. The van der Waals surface area contributed by atoms with Gasteiger partial charge < -0.3 is 19.4 Å². The number of H-pyrrole nitrogens is 1. The molecular formula is C19H29N3O5. The molecule has 0 spiro atoms. The molecule has 1 unspecified atom stereocenters. The predicted molar refractivity (Wildman–Crippen MR) is 100 cm³/mol. The van der Waals surface area contributed by atoms with Gasteiger partial charge in [-0.2, -0.15) is 0 Å². The third-order valence-corrected chi connectivity index (χ3v) is 4.93. The van der Waals surface area contributed by atoms with Crippen LogP contribution in [0.3, 0.4) is 0 Å². The van der Waals surface area contributed by atoms with Gasteiger partial charge in [-0.15, -0.1) is 0 Å².